The van der Waals surface area contributed by atoms with E-state index < -0.39 is 0 Å². The third kappa shape index (κ3) is 3.30. The predicted octanol–water partition coefficient (Wildman–Crippen LogP) is 2.98. The summed E-state index contributed by atoms with van der Waals surface area (Å²) in [6.07, 6.45) is 5.31. The lowest BCUT2D eigenvalue weighted by molar-refractivity contribution is 0.0542. The summed E-state index contributed by atoms with van der Waals surface area (Å²) >= 11 is 1.68. The normalized spacial score (nSPS) is 17.7. The first-order valence-electron chi connectivity index (χ1n) is 9.48. The average Bonchev–Trinajstić information content (AvgIpc) is 3.44. The van der Waals surface area contributed by atoms with Gasteiger partial charge < -0.3 is 4.90 Å². The van der Waals surface area contributed by atoms with Crippen LogP contribution in [0, 0.1) is 0 Å². The summed E-state index contributed by atoms with van der Waals surface area (Å²) < 4.78 is 1.83. The van der Waals surface area contributed by atoms with E-state index in [1.54, 1.807) is 35.9 Å². The average molecular weight is 404 g/mol. The van der Waals surface area contributed by atoms with Gasteiger partial charge in [0.1, 0.15) is 5.69 Å². The first kappa shape index (κ1) is 18.0. The number of rotatable bonds is 3. The molecule has 0 radical (unpaired) electrons. The molecule has 0 unspecified atom stereocenters. The number of nitrogens with zero attached hydrogens (tertiary/aromatic N) is 6. The number of amides is 1. The number of fused-ring (bicyclic) bond motifs is 1. The minimum absolute atomic E-state index is 0.000894. The Morgan fingerprint density at radius 2 is 1.97 bits per heavy atom. The molecule has 1 amide bonds. The maximum Gasteiger partial charge on any atom is 0.254 e. The molecule has 0 aromatic carbocycles. The van der Waals surface area contributed by atoms with Crippen LogP contribution >= 0.6 is 11.3 Å². The summed E-state index contributed by atoms with van der Waals surface area (Å²) in [4.78, 5) is 21.0. The fraction of sp³-hybridized carbons (Fsp3) is 0.238. The molecule has 8 heteroatoms. The Bertz CT molecular complexity index is 1140. The van der Waals surface area contributed by atoms with Crippen LogP contribution in [-0.4, -0.2) is 62.2 Å². The van der Waals surface area contributed by atoms with Crippen LogP contribution in [0.25, 0.3) is 16.6 Å². The quantitative estimate of drug-likeness (QED) is 0.525. The maximum atomic E-state index is 12.9. The molecule has 0 bridgehead atoms. The molecule has 0 aliphatic carbocycles. The zero-order valence-corrected chi connectivity index (χ0v) is 16.8. The van der Waals surface area contributed by atoms with Crippen molar-refractivity contribution in [3.8, 4) is 11.1 Å². The zero-order chi connectivity index (χ0) is 19.8. The van der Waals surface area contributed by atoms with Crippen LogP contribution in [0.5, 0.6) is 0 Å². The highest BCUT2D eigenvalue weighted by Gasteiger charge is 2.31. The number of hydrogen-bond acceptors (Lipinski definition) is 6. The van der Waals surface area contributed by atoms with Gasteiger partial charge in [-0.25, -0.2) is 4.52 Å². The number of piperazine rings is 1. The molecule has 0 N–H and O–H groups in total. The van der Waals surface area contributed by atoms with Crippen molar-refractivity contribution in [1.82, 2.24) is 29.6 Å². The highest BCUT2D eigenvalue weighted by Crippen LogP contribution is 2.28. The summed E-state index contributed by atoms with van der Waals surface area (Å²) in [6.45, 7) is 2.06. The Kier molecular flexibility index (Phi) is 4.57. The summed E-state index contributed by atoms with van der Waals surface area (Å²) in [6, 6.07) is 9.79. The summed E-state index contributed by atoms with van der Waals surface area (Å²) in [5.74, 6) is 0.0294. The van der Waals surface area contributed by atoms with Crippen molar-refractivity contribution in [3.63, 3.8) is 0 Å². The van der Waals surface area contributed by atoms with E-state index >= 15 is 0 Å². The molecular weight excluding hydrogens is 384 g/mol. The fourth-order valence-corrected chi connectivity index (χ4v) is 4.45. The van der Waals surface area contributed by atoms with E-state index in [2.05, 4.69) is 56.2 Å². The van der Waals surface area contributed by atoms with Crippen molar-refractivity contribution < 1.29 is 4.79 Å². The third-order valence-corrected chi connectivity index (χ3v) is 6.16. The van der Waals surface area contributed by atoms with Gasteiger partial charge >= 0.3 is 0 Å². The molecule has 1 aliphatic rings. The van der Waals surface area contributed by atoms with Gasteiger partial charge in [0.25, 0.3) is 5.91 Å². The van der Waals surface area contributed by atoms with Gasteiger partial charge in [0.2, 0.25) is 0 Å². The number of carbonyl (C=O) groups excluding carboxylic acids is 1. The molecule has 1 aliphatic heterocycles. The first-order valence-corrected chi connectivity index (χ1v) is 10.4. The molecule has 1 atom stereocenters. The SMILES string of the molecule is CN1CCN(C(=O)c2ccncc2)C[C@@H]1c1nnn2cc(-c3ccsc3)ccc12. The third-order valence-electron chi connectivity index (χ3n) is 5.47. The van der Waals surface area contributed by atoms with Crippen LogP contribution in [0.1, 0.15) is 22.1 Å². The largest absolute Gasteiger partial charge is 0.335 e. The van der Waals surface area contributed by atoms with Gasteiger partial charge in [0, 0.05) is 49.4 Å². The molecule has 7 nitrogen and oxygen atoms in total. The van der Waals surface area contributed by atoms with Crippen molar-refractivity contribution >= 4 is 22.8 Å². The van der Waals surface area contributed by atoms with E-state index in [-0.39, 0.29) is 11.9 Å². The second-order valence-electron chi connectivity index (χ2n) is 7.22. The second kappa shape index (κ2) is 7.38. The number of aromatic nitrogens is 4. The van der Waals surface area contributed by atoms with Gasteiger partial charge in [-0.05, 0) is 47.6 Å². The van der Waals surface area contributed by atoms with Crippen molar-refractivity contribution in [2.75, 3.05) is 26.7 Å². The van der Waals surface area contributed by atoms with Crippen molar-refractivity contribution in [1.29, 1.82) is 0 Å². The zero-order valence-electron chi connectivity index (χ0n) is 16.0. The Morgan fingerprint density at radius 1 is 1.10 bits per heavy atom. The van der Waals surface area contributed by atoms with E-state index in [9.17, 15) is 4.79 Å². The van der Waals surface area contributed by atoms with Crippen LogP contribution in [0.4, 0.5) is 0 Å². The van der Waals surface area contributed by atoms with Crippen molar-refractivity contribution in [3.05, 3.63) is 70.9 Å². The number of carbonyl (C=O) groups is 1. The van der Waals surface area contributed by atoms with Crippen LogP contribution in [0.15, 0.2) is 59.7 Å². The highest BCUT2D eigenvalue weighted by atomic mass is 32.1. The summed E-state index contributed by atoms with van der Waals surface area (Å²) in [5.41, 5.74) is 4.83. The molecule has 0 spiro atoms. The molecule has 4 aromatic rings. The van der Waals surface area contributed by atoms with E-state index in [0.717, 1.165) is 23.3 Å². The van der Waals surface area contributed by atoms with Gasteiger partial charge in [0.05, 0.1) is 11.6 Å². The lowest BCUT2D eigenvalue weighted by Gasteiger charge is -2.38. The van der Waals surface area contributed by atoms with Crippen LogP contribution in [-0.2, 0) is 0 Å². The van der Waals surface area contributed by atoms with Gasteiger partial charge in [-0.2, -0.15) is 11.3 Å². The fourth-order valence-electron chi connectivity index (χ4n) is 3.78. The molecule has 1 fully saturated rings. The molecule has 5 heterocycles. The molecule has 4 aromatic heterocycles. The molecule has 1 saturated heterocycles. The molecule has 29 heavy (non-hydrogen) atoms. The van der Waals surface area contributed by atoms with Crippen LogP contribution in [0.3, 0.4) is 0 Å². The van der Waals surface area contributed by atoms with Crippen LogP contribution in [0.2, 0.25) is 0 Å². The van der Waals surface area contributed by atoms with Crippen LogP contribution < -0.4 is 0 Å². The lowest BCUT2D eigenvalue weighted by atomic mass is 10.1. The predicted molar refractivity (Wildman–Crippen MR) is 112 cm³/mol. The van der Waals surface area contributed by atoms with E-state index in [0.29, 0.717) is 18.7 Å². The van der Waals surface area contributed by atoms with E-state index in [4.69, 9.17) is 0 Å². The molecular formula is C21H20N6OS. The minimum Gasteiger partial charge on any atom is -0.335 e. The molecule has 5 rings (SSSR count). The smallest absolute Gasteiger partial charge is 0.254 e. The number of hydrogen-bond donors (Lipinski definition) is 0. The van der Waals surface area contributed by atoms with E-state index in [1.807, 2.05) is 15.6 Å². The second-order valence-corrected chi connectivity index (χ2v) is 8.00. The maximum absolute atomic E-state index is 12.9. The standard InChI is InChI=1S/C21H20N6OS/c1-25-9-10-26(21(28)15-4-7-22-8-5-15)13-19(25)20-18-3-2-16(12-27(18)24-23-20)17-6-11-29-14-17/h2-8,11-12,14,19H,9-10,13H2,1H3/t19-/m1/s1. The van der Waals surface area contributed by atoms with Gasteiger partial charge in [-0.15, -0.1) is 5.10 Å². The van der Waals surface area contributed by atoms with E-state index in [1.165, 1.54) is 5.56 Å². The van der Waals surface area contributed by atoms with Crippen molar-refractivity contribution in [2.45, 2.75) is 6.04 Å². The Labute approximate surface area is 172 Å². The van der Waals surface area contributed by atoms with Gasteiger partial charge in [-0.3, -0.25) is 14.7 Å². The summed E-state index contributed by atoms with van der Waals surface area (Å²) in [7, 11) is 2.07. The highest BCUT2D eigenvalue weighted by molar-refractivity contribution is 7.08. The topological polar surface area (TPSA) is 66.6 Å². The first-order chi connectivity index (χ1) is 14.2. The minimum atomic E-state index is -0.000894. The lowest BCUT2D eigenvalue weighted by Crippen LogP contribution is -2.49. The Balaban J connectivity index is 1.44. The Hall–Kier alpha value is -3.10. The molecule has 146 valence electrons. The monoisotopic (exact) mass is 404 g/mol. The number of likely N-dealkylation sites (N-methyl/N-ethyl adjacent to an activating group) is 1. The summed E-state index contributed by atoms with van der Waals surface area (Å²) in [5, 5.41) is 13.0. The van der Waals surface area contributed by atoms with Gasteiger partial charge in [-0.1, -0.05) is 11.3 Å². The molecule has 0 saturated carbocycles. The number of pyridine rings is 2. The Morgan fingerprint density at radius 3 is 2.76 bits per heavy atom. The van der Waals surface area contributed by atoms with Crippen molar-refractivity contribution in [2.24, 2.45) is 0 Å². The van der Waals surface area contributed by atoms with Gasteiger partial charge in [0.15, 0.2) is 0 Å². The number of thiophene rings is 1.